The standard InChI is InChI=1S/C15H17N7O2.C2H6/c16-13(9-1-3-11(4-2-9)22(23)24)12-14(17)19-8-20-15(12)21-10-5-6-18-7-10;1-2/h1-4,8,10,16,18H,5-7H2,(H3,17,19,20,21);1-2H3. The van der Waals surface area contributed by atoms with Crippen LogP contribution in [0.3, 0.4) is 0 Å². The maximum atomic E-state index is 10.7. The van der Waals surface area contributed by atoms with Crippen molar-refractivity contribution in [2.24, 2.45) is 0 Å². The van der Waals surface area contributed by atoms with E-state index in [1.807, 2.05) is 13.8 Å². The lowest BCUT2D eigenvalue weighted by molar-refractivity contribution is -0.384. The van der Waals surface area contributed by atoms with Crippen LogP contribution in [-0.4, -0.2) is 39.7 Å². The van der Waals surface area contributed by atoms with Crippen LogP contribution in [0.25, 0.3) is 0 Å². The molecule has 1 aromatic heterocycles. The largest absolute Gasteiger partial charge is 0.383 e. The van der Waals surface area contributed by atoms with Gasteiger partial charge in [-0.25, -0.2) is 9.97 Å². The predicted molar refractivity (Wildman–Crippen MR) is 102 cm³/mol. The van der Waals surface area contributed by atoms with E-state index in [1.165, 1.54) is 30.6 Å². The molecule has 1 saturated heterocycles. The molecule has 1 aromatic carbocycles. The molecule has 2 heterocycles. The van der Waals surface area contributed by atoms with Gasteiger partial charge >= 0.3 is 0 Å². The summed E-state index contributed by atoms with van der Waals surface area (Å²) in [6.07, 6.45) is 2.31. The number of nitro groups is 1. The highest BCUT2D eigenvalue weighted by Gasteiger charge is 2.21. The monoisotopic (exact) mass is 357 g/mol. The number of nitrogen functional groups attached to an aromatic ring is 1. The van der Waals surface area contributed by atoms with Crippen LogP contribution in [0.15, 0.2) is 30.6 Å². The number of hydrogen-bond donors (Lipinski definition) is 4. The molecule has 0 saturated carbocycles. The van der Waals surface area contributed by atoms with E-state index in [4.69, 9.17) is 11.1 Å². The lowest BCUT2D eigenvalue weighted by Gasteiger charge is -2.17. The minimum Gasteiger partial charge on any atom is -0.383 e. The van der Waals surface area contributed by atoms with E-state index < -0.39 is 4.92 Å². The molecule has 0 spiro atoms. The van der Waals surface area contributed by atoms with E-state index in [9.17, 15) is 10.1 Å². The zero-order valence-electron chi connectivity index (χ0n) is 14.8. The Morgan fingerprint density at radius 2 is 2.04 bits per heavy atom. The van der Waals surface area contributed by atoms with Crippen molar-refractivity contribution in [2.75, 3.05) is 24.1 Å². The first-order valence-electron chi connectivity index (χ1n) is 8.47. The zero-order chi connectivity index (χ0) is 19.1. The molecule has 138 valence electrons. The highest BCUT2D eigenvalue weighted by Crippen LogP contribution is 2.24. The Kier molecular flexibility index (Phi) is 6.56. The number of nitrogens with two attached hydrogens (primary N) is 1. The van der Waals surface area contributed by atoms with Crippen LogP contribution < -0.4 is 16.4 Å². The molecule has 1 unspecified atom stereocenters. The second kappa shape index (κ2) is 8.86. The van der Waals surface area contributed by atoms with Crippen molar-refractivity contribution >= 4 is 23.0 Å². The highest BCUT2D eigenvalue weighted by atomic mass is 16.6. The average molecular weight is 357 g/mol. The second-order valence-corrected chi connectivity index (χ2v) is 5.50. The number of nitro benzene ring substituents is 1. The SMILES string of the molecule is CC.N=C(c1ccc([N+](=O)[O-])cc1)c1c(N)ncnc1NC1CCNC1. The topological polar surface area (TPSA) is 143 Å². The van der Waals surface area contributed by atoms with Gasteiger partial charge in [-0.05, 0) is 25.1 Å². The van der Waals surface area contributed by atoms with Crippen LogP contribution in [0.2, 0.25) is 0 Å². The minimum absolute atomic E-state index is 0.0285. The lowest BCUT2D eigenvalue weighted by Crippen LogP contribution is -2.25. The first-order valence-corrected chi connectivity index (χ1v) is 8.47. The molecule has 9 heteroatoms. The molecule has 1 aliphatic heterocycles. The Morgan fingerprint density at radius 1 is 1.35 bits per heavy atom. The second-order valence-electron chi connectivity index (χ2n) is 5.50. The summed E-state index contributed by atoms with van der Waals surface area (Å²) >= 11 is 0. The Labute approximate surface area is 151 Å². The van der Waals surface area contributed by atoms with E-state index in [0.717, 1.165) is 19.5 Å². The number of nitrogens with zero attached hydrogens (tertiary/aromatic N) is 3. The van der Waals surface area contributed by atoms with E-state index in [1.54, 1.807) is 0 Å². The van der Waals surface area contributed by atoms with Gasteiger partial charge in [-0.15, -0.1) is 0 Å². The molecule has 5 N–H and O–H groups in total. The maximum Gasteiger partial charge on any atom is 0.269 e. The summed E-state index contributed by atoms with van der Waals surface area (Å²) < 4.78 is 0. The first-order chi connectivity index (χ1) is 12.6. The number of hydrogen-bond acceptors (Lipinski definition) is 8. The summed E-state index contributed by atoms with van der Waals surface area (Å²) in [5.41, 5.74) is 6.96. The van der Waals surface area contributed by atoms with E-state index in [2.05, 4.69) is 20.6 Å². The lowest BCUT2D eigenvalue weighted by atomic mass is 10.0. The third-order valence-corrected chi connectivity index (χ3v) is 3.89. The predicted octanol–water partition coefficient (Wildman–Crippen LogP) is 2.18. The van der Waals surface area contributed by atoms with Crippen molar-refractivity contribution in [1.29, 1.82) is 5.41 Å². The van der Waals surface area contributed by atoms with Crippen LogP contribution >= 0.6 is 0 Å². The van der Waals surface area contributed by atoms with Crippen LogP contribution in [0, 0.1) is 15.5 Å². The number of non-ortho nitro benzene ring substituents is 1. The van der Waals surface area contributed by atoms with Gasteiger partial charge in [0.15, 0.2) is 0 Å². The molecular weight excluding hydrogens is 334 g/mol. The zero-order valence-corrected chi connectivity index (χ0v) is 14.8. The number of aromatic nitrogens is 2. The molecule has 1 aliphatic rings. The molecule has 9 nitrogen and oxygen atoms in total. The molecular formula is C17H23N7O2. The van der Waals surface area contributed by atoms with Crippen molar-refractivity contribution in [3.8, 4) is 0 Å². The first kappa shape index (κ1) is 19.3. The van der Waals surface area contributed by atoms with E-state index in [-0.39, 0.29) is 23.3 Å². The molecule has 0 amide bonds. The van der Waals surface area contributed by atoms with Gasteiger partial charge in [0.05, 0.1) is 16.2 Å². The van der Waals surface area contributed by atoms with Crippen LogP contribution in [0.4, 0.5) is 17.3 Å². The molecule has 0 bridgehead atoms. The smallest absolute Gasteiger partial charge is 0.269 e. The van der Waals surface area contributed by atoms with Gasteiger partial charge in [0.2, 0.25) is 0 Å². The molecule has 0 radical (unpaired) electrons. The van der Waals surface area contributed by atoms with Gasteiger partial charge in [0, 0.05) is 30.3 Å². The number of anilines is 2. The van der Waals surface area contributed by atoms with Crippen LogP contribution in [0.1, 0.15) is 31.4 Å². The normalized spacial score (nSPS) is 15.7. The van der Waals surface area contributed by atoms with E-state index in [0.29, 0.717) is 16.9 Å². The number of nitrogens with one attached hydrogen (secondary N) is 3. The number of rotatable bonds is 5. The Hall–Kier alpha value is -3.07. The summed E-state index contributed by atoms with van der Waals surface area (Å²) in [5, 5.41) is 25.7. The quantitative estimate of drug-likeness (QED) is 0.365. The average Bonchev–Trinajstić information content (AvgIpc) is 3.16. The summed E-state index contributed by atoms with van der Waals surface area (Å²) in [6.45, 7) is 5.74. The van der Waals surface area contributed by atoms with Crippen molar-refractivity contribution in [2.45, 2.75) is 26.3 Å². The van der Waals surface area contributed by atoms with Crippen molar-refractivity contribution in [3.63, 3.8) is 0 Å². The van der Waals surface area contributed by atoms with Crippen LogP contribution in [0.5, 0.6) is 0 Å². The summed E-state index contributed by atoms with van der Waals surface area (Å²) in [5.74, 6) is 0.696. The Morgan fingerprint density at radius 3 is 2.62 bits per heavy atom. The molecule has 1 atom stereocenters. The summed E-state index contributed by atoms with van der Waals surface area (Å²) in [7, 11) is 0. The van der Waals surface area contributed by atoms with Crippen molar-refractivity contribution in [1.82, 2.24) is 15.3 Å². The molecule has 2 aromatic rings. The minimum atomic E-state index is -0.479. The fraction of sp³-hybridized carbons (Fsp3) is 0.353. The van der Waals surface area contributed by atoms with Gasteiger partial charge in [-0.2, -0.15) is 0 Å². The molecule has 3 rings (SSSR count). The van der Waals surface area contributed by atoms with Gasteiger partial charge in [-0.3, -0.25) is 15.5 Å². The fourth-order valence-electron chi connectivity index (χ4n) is 2.62. The Balaban J connectivity index is 0.00000117. The fourth-order valence-corrected chi connectivity index (χ4v) is 2.62. The maximum absolute atomic E-state index is 10.7. The van der Waals surface area contributed by atoms with Crippen molar-refractivity contribution < 1.29 is 4.92 Å². The van der Waals surface area contributed by atoms with Gasteiger partial charge < -0.3 is 16.4 Å². The summed E-state index contributed by atoms with van der Waals surface area (Å²) in [4.78, 5) is 18.5. The van der Waals surface area contributed by atoms with Crippen molar-refractivity contribution in [3.05, 3.63) is 51.8 Å². The van der Waals surface area contributed by atoms with E-state index >= 15 is 0 Å². The highest BCUT2D eigenvalue weighted by molar-refractivity contribution is 6.16. The van der Waals surface area contributed by atoms with Gasteiger partial charge in [0.1, 0.15) is 18.0 Å². The van der Waals surface area contributed by atoms with Crippen LogP contribution in [-0.2, 0) is 0 Å². The third-order valence-electron chi connectivity index (χ3n) is 3.89. The van der Waals surface area contributed by atoms with Gasteiger partial charge in [0.25, 0.3) is 5.69 Å². The molecule has 26 heavy (non-hydrogen) atoms. The number of benzene rings is 1. The Bertz CT molecular complexity index is 771. The third kappa shape index (κ3) is 4.31. The summed E-state index contributed by atoms with van der Waals surface area (Å²) in [6, 6.07) is 5.97. The van der Waals surface area contributed by atoms with Gasteiger partial charge in [-0.1, -0.05) is 13.8 Å². The molecule has 0 aliphatic carbocycles. The molecule has 1 fully saturated rings.